The molecule has 5 nitrogen and oxygen atoms in total. The zero-order valence-electron chi connectivity index (χ0n) is 15.5. The second kappa shape index (κ2) is 6.93. The van der Waals surface area contributed by atoms with E-state index >= 15 is 0 Å². The molecule has 0 aromatic carbocycles. The van der Waals surface area contributed by atoms with E-state index in [2.05, 4.69) is 4.68 Å². The van der Waals surface area contributed by atoms with E-state index in [1.807, 2.05) is 41.5 Å². The number of ether oxygens (including phenoxy) is 1. The predicted octanol–water partition coefficient (Wildman–Crippen LogP) is 4.24. The Hall–Kier alpha value is -1.52. The molecule has 1 aliphatic carbocycles. The first kappa shape index (κ1) is 17.8. The van der Waals surface area contributed by atoms with Gasteiger partial charge in [0.2, 0.25) is 0 Å². The largest absolute Gasteiger partial charge is 0.444 e. The molecule has 1 aromatic rings. The van der Waals surface area contributed by atoms with E-state index in [1.54, 1.807) is 4.90 Å². The van der Waals surface area contributed by atoms with Crippen molar-refractivity contribution in [2.75, 3.05) is 6.54 Å². The predicted molar refractivity (Wildman–Crippen MR) is 91.5 cm³/mol. The van der Waals surface area contributed by atoms with Crippen molar-refractivity contribution in [3.63, 3.8) is 0 Å². The number of aromatic nitrogens is 2. The first-order valence-corrected chi connectivity index (χ1v) is 8.90. The van der Waals surface area contributed by atoms with Crippen LogP contribution in [0.25, 0.3) is 0 Å². The third-order valence-corrected chi connectivity index (χ3v) is 4.36. The Morgan fingerprint density at radius 2 is 1.91 bits per heavy atom. The summed E-state index contributed by atoms with van der Waals surface area (Å²) in [7, 11) is 0. The third kappa shape index (κ3) is 3.88. The van der Waals surface area contributed by atoms with Crippen LogP contribution in [-0.2, 0) is 17.7 Å². The minimum atomic E-state index is -0.442. The maximum Gasteiger partial charge on any atom is 0.410 e. The molecule has 0 atom stereocenters. The number of rotatable bonds is 1. The molecule has 0 bridgehead atoms. The van der Waals surface area contributed by atoms with Gasteiger partial charge in [-0.1, -0.05) is 13.8 Å². The van der Waals surface area contributed by atoms with Gasteiger partial charge in [-0.3, -0.25) is 4.68 Å². The molecule has 1 aromatic heterocycles. The van der Waals surface area contributed by atoms with Gasteiger partial charge >= 0.3 is 6.09 Å². The Balaban J connectivity index is 0.000000924. The summed E-state index contributed by atoms with van der Waals surface area (Å²) in [5.74, 6) is 0. The lowest BCUT2D eigenvalue weighted by Gasteiger charge is -2.32. The molecule has 0 radical (unpaired) electrons. The van der Waals surface area contributed by atoms with Crippen molar-refractivity contribution >= 4 is 6.09 Å². The standard InChI is InChI=1S/C16H25N3O2.C2H6/c1-11-13-10-18(15(20)21-16(2,3)4)9-8-14(13)19(17-11)12-6-5-7-12;1-2/h12H,5-10H2,1-4H3;1-2H3. The van der Waals surface area contributed by atoms with Crippen molar-refractivity contribution in [1.29, 1.82) is 0 Å². The molecular weight excluding hydrogens is 290 g/mol. The average molecular weight is 321 g/mol. The lowest BCUT2D eigenvalue weighted by molar-refractivity contribution is 0.0221. The van der Waals surface area contributed by atoms with Crippen LogP contribution < -0.4 is 0 Å². The number of carbonyl (C=O) groups is 1. The Morgan fingerprint density at radius 1 is 1.26 bits per heavy atom. The molecule has 1 aliphatic heterocycles. The second-order valence-corrected chi connectivity index (χ2v) is 7.19. The van der Waals surface area contributed by atoms with Gasteiger partial charge in [0, 0.05) is 24.2 Å². The Labute approximate surface area is 140 Å². The van der Waals surface area contributed by atoms with Gasteiger partial charge in [-0.2, -0.15) is 5.10 Å². The van der Waals surface area contributed by atoms with Crippen molar-refractivity contribution < 1.29 is 9.53 Å². The van der Waals surface area contributed by atoms with Crippen LogP contribution in [0.4, 0.5) is 4.79 Å². The summed E-state index contributed by atoms with van der Waals surface area (Å²) >= 11 is 0. The lowest BCUT2D eigenvalue weighted by atomic mass is 9.92. The summed E-state index contributed by atoms with van der Waals surface area (Å²) in [5.41, 5.74) is 3.17. The SMILES string of the molecule is CC.Cc1nn(C2CCC2)c2c1CN(C(=O)OC(C)(C)C)CC2. The Bertz CT molecular complexity index is 553. The van der Waals surface area contributed by atoms with Crippen molar-refractivity contribution in [3.8, 4) is 0 Å². The molecule has 1 fully saturated rings. The van der Waals surface area contributed by atoms with Gasteiger partial charge in [-0.05, 0) is 47.0 Å². The highest BCUT2D eigenvalue weighted by atomic mass is 16.6. The molecule has 0 unspecified atom stereocenters. The summed E-state index contributed by atoms with van der Waals surface area (Å²) in [6.45, 7) is 13.1. The van der Waals surface area contributed by atoms with Crippen molar-refractivity contribution in [2.45, 2.75) is 85.4 Å². The van der Waals surface area contributed by atoms with E-state index in [0.717, 1.165) is 18.7 Å². The van der Waals surface area contributed by atoms with Crippen molar-refractivity contribution in [1.82, 2.24) is 14.7 Å². The lowest BCUT2D eigenvalue weighted by Crippen LogP contribution is -2.40. The van der Waals surface area contributed by atoms with E-state index in [9.17, 15) is 4.79 Å². The average Bonchev–Trinajstić information content (AvgIpc) is 2.74. The van der Waals surface area contributed by atoms with Crippen LogP contribution in [0.1, 0.15) is 76.9 Å². The highest BCUT2D eigenvalue weighted by Crippen LogP contribution is 2.35. The molecule has 3 rings (SSSR count). The molecule has 1 amide bonds. The van der Waals surface area contributed by atoms with E-state index in [1.165, 1.54) is 30.5 Å². The molecule has 2 heterocycles. The maximum atomic E-state index is 12.2. The molecular formula is C18H31N3O2. The van der Waals surface area contributed by atoms with Gasteiger partial charge < -0.3 is 9.64 Å². The fraction of sp³-hybridized carbons (Fsp3) is 0.778. The van der Waals surface area contributed by atoms with Crippen LogP contribution in [-0.4, -0.2) is 32.9 Å². The molecule has 1 saturated carbocycles. The van der Waals surface area contributed by atoms with Crippen LogP contribution in [0.2, 0.25) is 0 Å². The van der Waals surface area contributed by atoms with E-state index in [-0.39, 0.29) is 6.09 Å². The van der Waals surface area contributed by atoms with Crippen molar-refractivity contribution in [2.24, 2.45) is 0 Å². The summed E-state index contributed by atoms with van der Waals surface area (Å²) < 4.78 is 7.70. The zero-order chi connectivity index (χ0) is 17.2. The number of hydrogen-bond acceptors (Lipinski definition) is 3. The maximum absolute atomic E-state index is 12.2. The smallest absolute Gasteiger partial charge is 0.410 e. The monoisotopic (exact) mass is 321 g/mol. The van der Waals surface area contributed by atoms with E-state index in [0.29, 0.717) is 12.6 Å². The highest BCUT2D eigenvalue weighted by Gasteiger charge is 2.32. The molecule has 130 valence electrons. The van der Waals surface area contributed by atoms with E-state index < -0.39 is 5.60 Å². The molecule has 0 spiro atoms. The van der Waals surface area contributed by atoms with Crippen LogP contribution in [0.15, 0.2) is 0 Å². The summed E-state index contributed by atoms with van der Waals surface area (Å²) in [6.07, 6.45) is 4.45. The van der Waals surface area contributed by atoms with Crippen LogP contribution >= 0.6 is 0 Å². The number of amides is 1. The second-order valence-electron chi connectivity index (χ2n) is 7.19. The summed E-state index contributed by atoms with van der Waals surface area (Å²) in [5, 5.41) is 4.72. The number of fused-ring (bicyclic) bond motifs is 1. The van der Waals surface area contributed by atoms with Crippen LogP contribution in [0.5, 0.6) is 0 Å². The van der Waals surface area contributed by atoms with Crippen molar-refractivity contribution in [3.05, 3.63) is 17.0 Å². The minimum Gasteiger partial charge on any atom is -0.444 e. The summed E-state index contributed by atoms with van der Waals surface area (Å²) in [4.78, 5) is 14.0. The Morgan fingerprint density at radius 3 is 2.43 bits per heavy atom. The molecule has 23 heavy (non-hydrogen) atoms. The molecule has 0 N–H and O–H groups in total. The third-order valence-electron chi connectivity index (χ3n) is 4.36. The fourth-order valence-corrected chi connectivity index (χ4v) is 3.03. The number of carbonyl (C=O) groups excluding carboxylic acids is 1. The quantitative estimate of drug-likeness (QED) is 0.777. The molecule has 5 heteroatoms. The van der Waals surface area contributed by atoms with Crippen LogP contribution in [0, 0.1) is 6.92 Å². The normalized spacial score (nSPS) is 17.7. The van der Waals surface area contributed by atoms with Gasteiger partial charge in [0.15, 0.2) is 0 Å². The summed E-state index contributed by atoms with van der Waals surface area (Å²) in [6, 6.07) is 0.584. The van der Waals surface area contributed by atoms with Gasteiger partial charge in [-0.25, -0.2) is 4.79 Å². The van der Waals surface area contributed by atoms with E-state index in [4.69, 9.17) is 9.84 Å². The number of aryl methyl sites for hydroxylation is 1. The van der Waals surface area contributed by atoms with Crippen LogP contribution in [0.3, 0.4) is 0 Å². The number of nitrogens with zero attached hydrogens (tertiary/aromatic N) is 3. The topological polar surface area (TPSA) is 47.4 Å². The van der Waals surface area contributed by atoms with Gasteiger partial charge in [0.05, 0.1) is 18.3 Å². The van der Waals surface area contributed by atoms with Gasteiger partial charge in [0.25, 0.3) is 0 Å². The number of hydrogen-bond donors (Lipinski definition) is 0. The zero-order valence-corrected chi connectivity index (χ0v) is 15.5. The van der Waals surface area contributed by atoms with Gasteiger partial charge in [-0.15, -0.1) is 0 Å². The molecule has 2 aliphatic rings. The first-order chi connectivity index (χ1) is 10.8. The first-order valence-electron chi connectivity index (χ1n) is 8.90. The molecule has 0 saturated heterocycles. The van der Waals surface area contributed by atoms with Gasteiger partial charge in [0.1, 0.15) is 5.60 Å². The Kier molecular flexibility index (Phi) is 5.37. The fourth-order valence-electron chi connectivity index (χ4n) is 3.03. The highest BCUT2D eigenvalue weighted by molar-refractivity contribution is 5.68. The minimum absolute atomic E-state index is 0.219.